The molecule has 1 saturated carbocycles. The zero-order chi connectivity index (χ0) is 41.1. The Morgan fingerprint density at radius 1 is 0.491 bits per heavy atom. The van der Waals surface area contributed by atoms with Gasteiger partial charge in [-0.05, 0) is 31.1 Å². The molecule has 0 aromatic carbocycles. The van der Waals surface area contributed by atoms with Crippen LogP contribution in [0.1, 0.15) is 25.7 Å². The molecule has 0 aromatic rings. The van der Waals surface area contributed by atoms with E-state index in [2.05, 4.69) is 50.1 Å². The van der Waals surface area contributed by atoms with E-state index < -0.39 is 79.3 Å². The Balaban J connectivity index is 2.82. The fourth-order valence-electron chi connectivity index (χ4n) is 5.04. The highest BCUT2D eigenvalue weighted by atomic mass is 16.6. The first kappa shape index (κ1) is 47.3. The van der Waals surface area contributed by atoms with Crippen LogP contribution in [-0.4, -0.2) is 115 Å². The molecule has 304 valence electrons. The molecular weight excluding hydrogens is 724 g/mol. The largest absolute Gasteiger partial charge is 0.462 e. The number of amides is 2. The first-order valence-corrected chi connectivity index (χ1v) is 17.2. The number of nitrogens with one attached hydrogen (secondary N) is 2. The summed E-state index contributed by atoms with van der Waals surface area (Å²) in [5.74, 6) is -3.84. The number of hydrogen-bond acceptors (Lipinski definition) is 15. The molecule has 0 bridgehead atoms. The van der Waals surface area contributed by atoms with Crippen molar-refractivity contribution in [3.05, 3.63) is 75.9 Å². The van der Waals surface area contributed by atoms with E-state index in [-0.39, 0.29) is 58.0 Å². The lowest BCUT2D eigenvalue weighted by atomic mass is 9.81. The Morgan fingerprint density at radius 3 is 1.11 bits per heavy atom. The van der Waals surface area contributed by atoms with Gasteiger partial charge in [0.05, 0.1) is 18.6 Å². The van der Waals surface area contributed by atoms with E-state index in [9.17, 15) is 33.6 Å². The molecule has 2 atom stereocenters. The predicted octanol–water partition coefficient (Wildman–Crippen LogP) is 3.07. The quantitative estimate of drug-likeness (QED) is 0.0403. The Hall–Kier alpha value is -5.71. The summed E-state index contributed by atoms with van der Waals surface area (Å²) in [6.45, 7) is 18.0. The molecule has 1 aliphatic carbocycles. The van der Waals surface area contributed by atoms with Crippen LogP contribution >= 0.6 is 0 Å². The number of rotatable bonds is 27. The van der Waals surface area contributed by atoms with E-state index in [0.717, 1.165) is 49.6 Å². The Bertz CT molecular complexity index is 1310. The van der Waals surface area contributed by atoms with Gasteiger partial charge in [-0.25, -0.2) is 33.6 Å². The van der Waals surface area contributed by atoms with Gasteiger partial charge in [0.2, 0.25) is 0 Å². The van der Waals surface area contributed by atoms with Crippen molar-refractivity contribution < 1.29 is 71.5 Å². The number of hydrogen-bond donors (Lipinski definition) is 2. The summed E-state index contributed by atoms with van der Waals surface area (Å²) in [5, 5.41) is 5.43. The van der Waals surface area contributed by atoms with E-state index in [1.165, 1.54) is 6.08 Å². The van der Waals surface area contributed by atoms with Crippen molar-refractivity contribution in [2.24, 2.45) is 22.7 Å². The minimum absolute atomic E-state index is 0.0262. The van der Waals surface area contributed by atoms with Crippen LogP contribution in [0, 0.1) is 22.7 Å². The highest BCUT2D eigenvalue weighted by Gasteiger charge is 2.38. The smallest absolute Gasteiger partial charge is 0.407 e. The lowest BCUT2D eigenvalue weighted by Crippen LogP contribution is -2.45. The molecule has 1 aliphatic rings. The second kappa shape index (κ2) is 26.1. The number of esters is 5. The van der Waals surface area contributed by atoms with Crippen LogP contribution in [0.4, 0.5) is 9.59 Å². The summed E-state index contributed by atoms with van der Waals surface area (Å²) in [6.07, 6.45) is 7.60. The minimum atomic E-state index is -1.48. The number of carbonyl (C=O) groups excluding carboxylic acids is 7. The van der Waals surface area contributed by atoms with Gasteiger partial charge in [-0.3, -0.25) is 0 Å². The molecule has 1 fully saturated rings. The summed E-state index contributed by atoms with van der Waals surface area (Å²) < 4.78 is 42.2. The third-order valence-corrected chi connectivity index (χ3v) is 8.06. The highest BCUT2D eigenvalue weighted by molar-refractivity contribution is 5.83. The van der Waals surface area contributed by atoms with Crippen LogP contribution < -0.4 is 10.6 Å². The topological polar surface area (TPSA) is 217 Å². The average molecular weight is 777 g/mol. The molecule has 0 aromatic heterocycles. The zero-order valence-corrected chi connectivity index (χ0v) is 31.1. The SMILES string of the molecule is C=CCOCC(COC(=O)C=C)(COC(=O)C=C)COC(=O)NCC1CCCC(CNC(=O)OCC(COC(=O)C=C)(COC(=O)C=C)COC(=O)C=C)C1. The van der Waals surface area contributed by atoms with Crippen molar-refractivity contribution in [1.82, 2.24) is 10.6 Å². The van der Waals surface area contributed by atoms with E-state index >= 15 is 0 Å². The van der Waals surface area contributed by atoms with Gasteiger partial charge >= 0.3 is 42.0 Å². The fraction of sp³-hybridized carbons (Fsp3) is 0.500. The molecular formula is C38H52N2O15. The molecule has 17 heteroatoms. The molecule has 1 rings (SSSR count). The van der Waals surface area contributed by atoms with Crippen molar-refractivity contribution in [2.45, 2.75) is 25.7 Å². The fourth-order valence-corrected chi connectivity index (χ4v) is 5.04. The first-order chi connectivity index (χ1) is 26.3. The average Bonchev–Trinajstić information content (AvgIpc) is 3.21. The molecule has 2 unspecified atom stereocenters. The molecule has 2 amide bonds. The second-order valence-corrected chi connectivity index (χ2v) is 12.7. The standard InChI is InChI=1S/C38H52N2O15/c1-7-16-48-20-37(21-49-30(41)8-2,22-50-31(42)9-3)26-54-35(46)39-18-28-14-13-15-29(17-28)19-40-36(47)55-27-38(23-51-32(43)10-4,24-52-33(44)11-5)25-53-34(45)12-6/h7-12,28-29H,1-6,13-27H2,(H,39,46)(H,40,47). The Kier molecular flexibility index (Phi) is 22.5. The van der Waals surface area contributed by atoms with Gasteiger partial charge in [0, 0.05) is 43.5 Å². The monoisotopic (exact) mass is 776 g/mol. The number of carbonyl (C=O) groups is 7. The summed E-state index contributed by atoms with van der Waals surface area (Å²) in [4.78, 5) is 84.7. The number of alkyl carbamates (subject to hydrolysis) is 2. The van der Waals surface area contributed by atoms with Gasteiger partial charge in [-0.1, -0.05) is 45.4 Å². The second-order valence-electron chi connectivity index (χ2n) is 12.7. The molecule has 2 N–H and O–H groups in total. The van der Waals surface area contributed by atoms with E-state index in [0.29, 0.717) is 6.42 Å². The van der Waals surface area contributed by atoms with E-state index in [1.54, 1.807) is 0 Å². The predicted molar refractivity (Wildman–Crippen MR) is 196 cm³/mol. The van der Waals surface area contributed by atoms with Gasteiger partial charge in [-0.15, -0.1) is 6.58 Å². The third kappa shape index (κ3) is 19.8. The molecule has 0 spiro atoms. The maximum absolute atomic E-state index is 12.8. The van der Waals surface area contributed by atoms with Crippen molar-refractivity contribution in [1.29, 1.82) is 0 Å². The maximum atomic E-state index is 12.8. The van der Waals surface area contributed by atoms with Gasteiger partial charge < -0.3 is 48.5 Å². The molecule has 0 saturated heterocycles. The van der Waals surface area contributed by atoms with Crippen molar-refractivity contribution in [3.8, 4) is 0 Å². The highest BCUT2D eigenvalue weighted by Crippen LogP contribution is 2.29. The lowest BCUT2D eigenvalue weighted by Gasteiger charge is -2.32. The van der Waals surface area contributed by atoms with Crippen LogP contribution in [0.5, 0.6) is 0 Å². The van der Waals surface area contributed by atoms with Crippen LogP contribution in [-0.2, 0) is 61.9 Å². The van der Waals surface area contributed by atoms with Crippen LogP contribution in [0.3, 0.4) is 0 Å². The number of ether oxygens (including phenoxy) is 8. The van der Waals surface area contributed by atoms with Gasteiger partial charge in [0.25, 0.3) is 0 Å². The maximum Gasteiger partial charge on any atom is 0.407 e. The minimum Gasteiger partial charge on any atom is -0.462 e. The van der Waals surface area contributed by atoms with Crippen LogP contribution in [0.2, 0.25) is 0 Å². The van der Waals surface area contributed by atoms with E-state index in [1.807, 2.05) is 0 Å². The van der Waals surface area contributed by atoms with Crippen molar-refractivity contribution in [2.75, 3.05) is 72.6 Å². The molecule has 0 aliphatic heterocycles. The van der Waals surface area contributed by atoms with Gasteiger partial charge in [0.1, 0.15) is 51.7 Å². The first-order valence-electron chi connectivity index (χ1n) is 17.2. The zero-order valence-electron chi connectivity index (χ0n) is 31.1. The summed E-state index contributed by atoms with van der Waals surface area (Å²) >= 11 is 0. The van der Waals surface area contributed by atoms with E-state index in [4.69, 9.17) is 37.9 Å². The Morgan fingerprint density at radius 2 is 0.800 bits per heavy atom. The van der Waals surface area contributed by atoms with Gasteiger partial charge in [0.15, 0.2) is 0 Å². The summed E-state index contributed by atoms with van der Waals surface area (Å²) in [5.41, 5.74) is -2.73. The summed E-state index contributed by atoms with van der Waals surface area (Å²) in [6, 6.07) is 0. The third-order valence-electron chi connectivity index (χ3n) is 8.06. The van der Waals surface area contributed by atoms with Crippen LogP contribution in [0.25, 0.3) is 0 Å². The van der Waals surface area contributed by atoms with Crippen molar-refractivity contribution in [3.63, 3.8) is 0 Å². The van der Waals surface area contributed by atoms with Crippen LogP contribution in [0.15, 0.2) is 75.9 Å². The van der Waals surface area contributed by atoms with Gasteiger partial charge in [-0.2, -0.15) is 0 Å². The lowest BCUT2D eigenvalue weighted by molar-refractivity contribution is -0.159. The normalized spacial score (nSPS) is 15.0. The molecule has 0 heterocycles. The molecule has 17 nitrogen and oxygen atoms in total. The molecule has 55 heavy (non-hydrogen) atoms. The van der Waals surface area contributed by atoms with Crippen molar-refractivity contribution >= 4 is 42.0 Å². The summed E-state index contributed by atoms with van der Waals surface area (Å²) in [7, 11) is 0. The Labute approximate surface area is 320 Å². The molecule has 0 radical (unpaired) electrons.